The molecule has 1 aliphatic rings. The monoisotopic (exact) mass is 300 g/mol. The molecule has 0 aromatic heterocycles. The zero-order valence-electron chi connectivity index (χ0n) is 12.4. The lowest BCUT2D eigenvalue weighted by atomic mass is 9.76. The first-order valence-electron chi connectivity index (χ1n) is 7.77. The predicted octanol–water partition coefficient (Wildman–Crippen LogP) is 5.35. The van der Waals surface area contributed by atoms with E-state index in [1.54, 1.807) is 0 Å². The molecule has 1 N–H and O–H groups in total. The maximum Gasteiger partial charge on any atom is 0.416 e. The number of halogens is 3. The minimum atomic E-state index is -4.32. The van der Waals surface area contributed by atoms with Crippen LogP contribution in [0.3, 0.4) is 0 Å². The van der Waals surface area contributed by atoms with Crippen molar-refractivity contribution < 1.29 is 18.3 Å². The number of benzene rings is 1. The Morgan fingerprint density at radius 2 is 1.67 bits per heavy atom. The van der Waals surface area contributed by atoms with Crippen LogP contribution in [-0.2, 0) is 6.18 Å². The zero-order valence-corrected chi connectivity index (χ0v) is 12.4. The summed E-state index contributed by atoms with van der Waals surface area (Å²) in [5, 5.41) is 10.4. The zero-order chi connectivity index (χ0) is 15.5. The number of alkyl halides is 3. The lowest BCUT2D eigenvalue weighted by Crippen LogP contribution is -2.20. The summed E-state index contributed by atoms with van der Waals surface area (Å²) in [7, 11) is 0. The van der Waals surface area contributed by atoms with Gasteiger partial charge in [-0.15, -0.1) is 0 Å². The molecule has 1 atom stereocenters. The number of hydrogen-bond acceptors (Lipinski definition) is 1. The molecule has 118 valence electrons. The normalized spacial score (nSPS) is 24.8. The molecule has 0 radical (unpaired) electrons. The number of aliphatic hydroxyl groups excluding tert-OH is 1. The fourth-order valence-electron chi connectivity index (χ4n) is 3.34. The Labute approximate surface area is 124 Å². The smallest absolute Gasteiger partial charge is 0.388 e. The first-order valence-corrected chi connectivity index (χ1v) is 7.77. The molecule has 1 fully saturated rings. The van der Waals surface area contributed by atoms with Crippen molar-refractivity contribution in [3.63, 3.8) is 0 Å². The first kappa shape index (κ1) is 16.3. The summed E-state index contributed by atoms with van der Waals surface area (Å²) in [6.07, 6.45) is 1.64. The van der Waals surface area contributed by atoms with Gasteiger partial charge in [-0.05, 0) is 42.4 Å². The maximum atomic E-state index is 12.5. The van der Waals surface area contributed by atoms with Crippen molar-refractivity contribution in [3.8, 4) is 0 Å². The molecule has 4 heteroatoms. The highest BCUT2D eigenvalue weighted by atomic mass is 19.4. The molecule has 1 aromatic rings. The summed E-state index contributed by atoms with van der Waals surface area (Å²) in [5.74, 6) is 0.931. The predicted molar refractivity (Wildman–Crippen MR) is 76.8 cm³/mol. The molecule has 0 bridgehead atoms. The second kappa shape index (κ2) is 6.82. The van der Waals surface area contributed by atoms with Crippen molar-refractivity contribution in [3.05, 3.63) is 35.4 Å². The SMILES string of the molecule is CCCC1CCC(C(O)c2ccc(C(F)(F)F)cc2)CC1. The van der Waals surface area contributed by atoms with E-state index in [4.69, 9.17) is 0 Å². The van der Waals surface area contributed by atoms with E-state index in [1.165, 1.54) is 25.0 Å². The molecular formula is C17H23F3O. The minimum Gasteiger partial charge on any atom is -0.388 e. The third-order valence-electron chi connectivity index (χ3n) is 4.61. The van der Waals surface area contributed by atoms with Gasteiger partial charge in [-0.25, -0.2) is 0 Å². The molecule has 0 spiro atoms. The average molecular weight is 300 g/mol. The number of hydrogen-bond donors (Lipinski definition) is 1. The Bertz CT molecular complexity index is 430. The van der Waals surface area contributed by atoms with Crippen molar-refractivity contribution in [2.24, 2.45) is 11.8 Å². The quantitative estimate of drug-likeness (QED) is 0.795. The van der Waals surface area contributed by atoms with Crippen LogP contribution in [0.25, 0.3) is 0 Å². The van der Waals surface area contributed by atoms with Crippen LogP contribution in [0, 0.1) is 11.8 Å². The van der Waals surface area contributed by atoms with Gasteiger partial charge in [0.1, 0.15) is 0 Å². The summed E-state index contributed by atoms with van der Waals surface area (Å²) in [5.41, 5.74) is -0.0629. The minimum absolute atomic E-state index is 0.176. The largest absolute Gasteiger partial charge is 0.416 e. The van der Waals surface area contributed by atoms with Gasteiger partial charge in [0.2, 0.25) is 0 Å². The highest BCUT2D eigenvalue weighted by molar-refractivity contribution is 5.26. The van der Waals surface area contributed by atoms with Crippen LogP contribution in [0.2, 0.25) is 0 Å². The Balaban J connectivity index is 1.96. The number of rotatable bonds is 4. The van der Waals surface area contributed by atoms with Gasteiger partial charge < -0.3 is 5.11 Å². The van der Waals surface area contributed by atoms with Crippen molar-refractivity contribution in [1.82, 2.24) is 0 Å². The fourth-order valence-corrected chi connectivity index (χ4v) is 3.34. The molecule has 1 aromatic carbocycles. The van der Waals surface area contributed by atoms with Gasteiger partial charge in [-0.2, -0.15) is 13.2 Å². The fraction of sp³-hybridized carbons (Fsp3) is 0.647. The van der Waals surface area contributed by atoms with Crippen molar-refractivity contribution in [2.75, 3.05) is 0 Å². The molecule has 1 unspecified atom stereocenters. The average Bonchev–Trinajstić information content (AvgIpc) is 2.47. The van der Waals surface area contributed by atoms with Gasteiger partial charge in [-0.3, -0.25) is 0 Å². The standard InChI is InChI=1S/C17H23F3O/c1-2-3-12-4-6-13(7-5-12)16(21)14-8-10-15(11-9-14)17(18,19)20/h8-13,16,21H,2-7H2,1H3. The molecule has 1 nitrogen and oxygen atoms in total. The molecule has 0 amide bonds. The Morgan fingerprint density at radius 3 is 2.14 bits per heavy atom. The molecule has 0 heterocycles. The van der Waals surface area contributed by atoms with Gasteiger partial charge in [0.25, 0.3) is 0 Å². The summed E-state index contributed by atoms with van der Waals surface area (Å²) < 4.78 is 37.6. The van der Waals surface area contributed by atoms with Crippen molar-refractivity contribution >= 4 is 0 Å². The van der Waals surface area contributed by atoms with Crippen LogP contribution < -0.4 is 0 Å². The van der Waals surface area contributed by atoms with E-state index < -0.39 is 17.8 Å². The highest BCUT2D eigenvalue weighted by Crippen LogP contribution is 2.39. The molecular weight excluding hydrogens is 277 g/mol. The van der Waals surface area contributed by atoms with E-state index in [-0.39, 0.29) is 5.92 Å². The van der Waals surface area contributed by atoms with Gasteiger partial charge >= 0.3 is 6.18 Å². The maximum absolute atomic E-state index is 12.5. The van der Waals surface area contributed by atoms with E-state index in [0.29, 0.717) is 5.56 Å². The number of aliphatic hydroxyl groups is 1. The second-order valence-electron chi connectivity index (χ2n) is 6.13. The van der Waals surface area contributed by atoms with Gasteiger partial charge in [-0.1, -0.05) is 44.7 Å². The first-order chi connectivity index (χ1) is 9.91. The van der Waals surface area contributed by atoms with Crippen LogP contribution in [-0.4, -0.2) is 5.11 Å². The highest BCUT2D eigenvalue weighted by Gasteiger charge is 2.31. The molecule has 21 heavy (non-hydrogen) atoms. The summed E-state index contributed by atoms with van der Waals surface area (Å²) in [4.78, 5) is 0. The van der Waals surface area contributed by atoms with E-state index in [9.17, 15) is 18.3 Å². The molecule has 0 saturated heterocycles. The third-order valence-corrected chi connectivity index (χ3v) is 4.61. The van der Waals surface area contributed by atoms with E-state index in [0.717, 1.165) is 43.7 Å². The van der Waals surface area contributed by atoms with Crippen LogP contribution >= 0.6 is 0 Å². The Kier molecular flexibility index (Phi) is 5.31. The Morgan fingerprint density at radius 1 is 1.10 bits per heavy atom. The van der Waals surface area contributed by atoms with Crippen LogP contribution in [0.5, 0.6) is 0 Å². The van der Waals surface area contributed by atoms with Crippen LogP contribution in [0.15, 0.2) is 24.3 Å². The van der Waals surface area contributed by atoms with Crippen molar-refractivity contribution in [2.45, 2.75) is 57.7 Å². The van der Waals surface area contributed by atoms with Gasteiger partial charge in [0.05, 0.1) is 11.7 Å². The summed E-state index contributed by atoms with van der Waals surface area (Å²) >= 11 is 0. The lowest BCUT2D eigenvalue weighted by molar-refractivity contribution is -0.137. The second-order valence-corrected chi connectivity index (χ2v) is 6.13. The van der Waals surface area contributed by atoms with E-state index >= 15 is 0 Å². The molecule has 1 saturated carbocycles. The molecule has 1 aliphatic carbocycles. The topological polar surface area (TPSA) is 20.2 Å². The van der Waals surface area contributed by atoms with Gasteiger partial charge in [0.15, 0.2) is 0 Å². The molecule has 0 aliphatic heterocycles. The van der Waals surface area contributed by atoms with Crippen LogP contribution in [0.4, 0.5) is 13.2 Å². The summed E-state index contributed by atoms with van der Waals surface area (Å²) in [6.45, 7) is 2.18. The van der Waals surface area contributed by atoms with Gasteiger partial charge in [0, 0.05) is 0 Å². The van der Waals surface area contributed by atoms with Crippen molar-refractivity contribution in [1.29, 1.82) is 0 Å². The van der Waals surface area contributed by atoms with Crippen LogP contribution in [0.1, 0.15) is 62.7 Å². The third kappa shape index (κ3) is 4.22. The van der Waals surface area contributed by atoms with E-state index in [1.807, 2.05) is 0 Å². The lowest BCUT2D eigenvalue weighted by Gasteiger charge is -2.31. The summed E-state index contributed by atoms with van der Waals surface area (Å²) in [6, 6.07) is 4.93. The molecule has 2 rings (SSSR count). The Hall–Kier alpha value is -1.03. The van der Waals surface area contributed by atoms with E-state index in [2.05, 4.69) is 6.92 Å².